The molecule has 1 aliphatic carbocycles. The molecular formula is C16H28N4O. The third-order valence-electron chi connectivity index (χ3n) is 4.36. The topological polar surface area (TPSA) is 70.1 Å². The van der Waals surface area contributed by atoms with Gasteiger partial charge < -0.3 is 15.7 Å². The predicted octanol–water partition coefficient (Wildman–Crippen LogP) is 3.04. The van der Waals surface area contributed by atoms with Gasteiger partial charge in [-0.1, -0.05) is 20.8 Å². The van der Waals surface area contributed by atoms with E-state index < -0.39 is 5.60 Å². The van der Waals surface area contributed by atoms with Gasteiger partial charge in [0.05, 0.1) is 5.60 Å². The largest absolute Gasteiger partial charge is 0.388 e. The maximum Gasteiger partial charge on any atom is 0.131 e. The first kappa shape index (κ1) is 16.0. The highest BCUT2D eigenvalue weighted by Gasteiger charge is 2.36. The molecule has 118 valence electrons. The van der Waals surface area contributed by atoms with Crippen molar-refractivity contribution in [3.63, 3.8) is 0 Å². The molecule has 1 saturated carbocycles. The van der Waals surface area contributed by atoms with Crippen LogP contribution in [0.15, 0.2) is 12.4 Å². The van der Waals surface area contributed by atoms with Crippen molar-refractivity contribution in [2.45, 2.75) is 58.5 Å². The van der Waals surface area contributed by atoms with Crippen molar-refractivity contribution < 1.29 is 5.11 Å². The van der Waals surface area contributed by atoms with Crippen molar-refractivity contribution in [1.82, 2.24) is 9.97 Å². The lowest BCUT2D eigenvalue weighted by Crippen LogP contribution is -2.42. The molecule has 0 bridgehead atoms. The Balaban J connectivity index is 1.88. The minimum absolute atomic E-state index is 0.360. The van der Waals surface area contributed by atoms with E-state index in [1.807, 2.05) is 6.07 Å². The number of nitrogens with zero attached hydrogens (tertiary/aromatic N) is 2. The van der Waals surface area contributed by atoms with E-state index in [1.165, 1.54) is 0 Å². The number of rotatable bonds is 6. The molecule has 0 aliphatic heterocycles. The third-order valence-corrected chi connectivity index (χ3v) is 4.36. The zero-order valence-electron chi connectivity index (χ0n) is 13.4. The molecule has 1 aromatic heterocycles. The number of hydrogen-bond donors (Lipinski definition) is 3. The Hall–Kier alpha value is -1.36. The molecule has 0 amide bonds. The molecule has 1 heterocycles. The Morgan fingerprint density at radius 1 is 1.10 bits per heavy atom. The fourth-order valence-corrected chi connectivity index (χ4v) is 2.63. The lowest BCUT2D eigenvalue weighted by atomic mass is 9.71. The third kappa shape index (κ3) is 4.84. The molecule has 3 N–H and O–H groups in total. The monoisotopic (exact) mass is 292 g/mol. The van der Waals surface area contributed by atoms with Gasteiger partial charge in [-0.2, -0.15) is 0 Å². The van der Waals surface area contributed by atoms with Crippen LogP contribution in [0.4, 0.5) is 11.6 Å². The van der Waals surface area contributed by atoms with Crippen molar-refractivity contribution in [3.05, 3.63) is 12.4 Å². The van der Waals surface area contributed by atoms with E-state index in [1.54, 1.807) is 6.33 Å². The van der Waals surface area contributed by atoms with Gasteiger partial charge in [0, 0.05) is 19.2 Å². The average Bonchev–Trinajstić information content (AvgIpc) is 2.47. The Morgan fingerprint density at radius 3 is 2.33 bits per heavy atom. The zero-order valence-corrected chi connectivity index (χ0v) is 13.4. The SMILES string of the molecule is CCCNc1cc(NCC2(O)CCC(C)(C)CC2)ncn1. The van der Waals surface area contributed by atoms with Gasteiger partial charge in [0.15, 0.2) is 0 Å². The van der Waals surface area contributed by atoms with Crippen LogP contribution in [0.5, 0.6) is 0 Å². The van der Waals surface area contributed by atoms with Crippen molar-refractivity contribution in [2.24, 2.45) is 5.41 Å². The fraction of sp³-hybridized carbons (Fsp3) is 0.750. The highest BCUT2D eigenvalue weighted by atomic mass is 16.3. The van der Waals surface area contributed by atoms with Crippen LogP contribution in [-0.4, -0.2) is 33.8 Å². The van der Waals surface area contributed by atoms with Gasteiger partial charge in [0.1, 0.15) is 18.0 Å². The molecule has 1 aliphatic rings. The molecule has 5 heteroatoms. The smallest absolute Gasteiger partial charge is 0.131 e. The van der Waals surface area contributed by atoms with Crippen LogP contribution >= 0.6 is 0 Å². The maximum absolute atomic E-state index is 10.7. The minimum atomic E-state index is -0.614. The number of aliphatic hydroxyl groups is 1. The lowest BCUT2D eigenvalue weighted by molar-refractivity contribution is -0.0145. The molecule has 0 unspecified atom stereocenters. The van der Waals surface area contributed by atoms with Gasteiger partial charge in [-0.05, 0) is 37.5 Å². The Morgan fingerprint density at radius 2 is 1.71 bits per heavy atom. The van der Waals surface area contributed by atoms with Crippen LogP contribution in [0.25, 0.3) is 0 Å². The number of hydrogen-bond acceptors (Lipinski definition) is 5. The summed E-state index contributed by atoms with van der Waals surface area (Å²) in [5.74, 6) is 1.59. The van der Waals surface area contributed by atoms with Crippen LogP contribution in [-0.2, 0) is 0 Å². The molecule has 0 aromatic carbocycles. The Bertz CT molecular complexity index is 451. The van der Waals surface area contributed by atoms with Gasteiger partial charge >= 0.3 is 0 Å². The molecule has 21 heavy (non-hydrogen) atoms. The van der Waals surface area contributed by atoms with Crippen LogP contribution in [0.1, 0.15) is 52.9 Å². The first-order chi connectivity index (χ1) is 9.92. The van der Waals surface area contributed by atoms with Crippen molar-refractivity contribution in [2.75, 3.05) is 23.7 Å². The molecule has 1 aromatic rings. The van der Waals surface area contributed by atoms with Crippen LogP contribution < -0.4 is 10.6 Å². The van der Waals surface area contributed by atoms with Crippen molar-refractivity contribution >= 4 is 11.6 Å². The summed E-state index contributed by atoms with van der Waals surface area (Å²) in [5.41, 5.74) is -0.254. The molecule has 0 atom stereocenters. The highest BCUT2D eigenvalue weighted by molar-refractivity contribution is 5.46. The fourth-order valence-electron chi connectivity index (χ4n) is 2.63. The quantitative estimate of drug-likeness (QED) is 0.752. The maximum atomic E-state index is 10.7. The summed E-state index contributed by atoms with van der Waals surface area (Å²) in [6, 6.07) is 1.89. The second-order valence-corrected chi connectivity index (χ2v) is 6.96. The van der Waals surface area contributed by atoms with E-state index in [4.69, 9.17) is 0 Å². The highest BCUT2D eigenvalue weighted by Crippen LogP contribution is 2.40. The molecule has 0 radical (unpaired) electrons. The summed E-state index contributed by atoms with van der Waals surface area (Å²) >= 11 is 0. The van der Waals surface area contributed by atoms with Crippen LogP contribution in [0.3, 0.4) is 0 Å². The molecule has 5 nitrogen and oxygen atoms in total. The Kier molecular flexibility index (Phi) is 5.04. The Labute approximate surface area is 127 Å². The van der Waals surface area contributed by atoms with E-state index in [2.05, 4.69) is 41.4 Å². The molecule has 1 fully saturated rings. The summed E-state index contributed by atoms with van der Waals surface area (Å²) in [6.45, 7) is 8.11. The number of aromatic nitrogens is 2. The minimum Gasteiger partial charge on any atom is -0.388 e. The van der Waals surface area contributed by atoms with E-state index in [0.29, 0.717) is 12.0 Å². The first-order valence-corrected chi connectivity index (χ1v) is 7.95. The first-order valence-electron chi connectivity index (χ1n) is 7.95. The standard InChI is InChI=1S/C16H28N4O/c1-4-9-17-13-10-14(20-12-19-13)18-11-16(21)7-5-15(2,3)6-8-16/h10,12,21H,4-9,11H2,1-3H3,(H2,17,18,19,20). The molecular weight excluding hydrogens is 264 g/mol. The van der Waals surface area contributed by atoms with Crippen LogP contribution in [0, 0.1) is 5.41 Å². The van der Waals surface area contributed by atoms with Gasteiger partial charge in [-0.15, -0.1) is 0 Å². The lowest BCUT2D eigenvalue weighted by Gasteiger charge is -2.40. The molecule has 0 spiro atoms. The summed E-state index contributed by atoms with van der Waals surface area (Å²) < 4.78 is 0. The number of anilines is 2. The predicted molar refractivity (Wildman–Crippen MR) is 86.5 cm³/mol. The number of nitrogens with one attached hydrogen (secondary N) is 2. The summed E-state index contributed by atoms with van der Waals surface area (Å²) in [5, 5.41) is 17.2. The average molecular weight is 292 g/mol. The summed E-state index contributed by atoms with van der Waals surface area (Å²) in [6.07, 6.45) is 6.44. The zero-order chi connectivity index (χ0) is 15.3. The van der Waals surface area contributed by atoms with Crippen molar-refractivity contribution in [1.29, 1.82) is 0 Å². The molecule has 2 rings (SSSR count). The normalized spacial score (nSPS) is 20.0. The van der Waals surface area contributed by atoms with Gasteiger partial charge in [-0.3, -0.25) is 0 Å². The van der Waals surface area contributed by atoms with Gasteiger partial charge in [-0.25, -0.2) is 9.97 Å². The summed E-state index contributed by atoms with van der Waals surface area (Å²) in [7, 11) is 0. The second-order valence-electron chi connectivity index (χ2n) is 6.96. The van der Waals surface area contributed by atoms with E-state index in [-0.39, 0.29) is 0 Å². The van der Waals surface area contributed by atoms with Crippen LogP contribution in [0.2, 0.25) is 0 Å². The summed E-state index contributed by atoms with van der Waals surface area (Å²) in [4.78, 5) is 8.40. The second kappa shape index (κ2) is 6.60. The van der Waals surface area contributed by atoms with E-state index >= 15 is 0 Å². The van der Waals surface area contributed by atoms with Crippen molar-refractivity contribution in [3.8, 4) is 0 Å². The molecule has 0 saturated heterocycles. The van der Waals surface area contributed by atoms with Gasteiger partial charge in [0.2, 0.25) is 0 Å². The van der Waals surface area contributed by atoms with E-state index in [0.717, 1.165) is 50.3 Å². The van der Waals surface area contributed by atoms with Gasteiger partial charge in [0.25, 0.3) is 0 Å². The van der Waals surface area contributed by atoms with E-state index in [9.17, 15) is 5.11 Å².